The lowest BCUT2D eigenvalue weighted by atomic mass is 10.2. The van der Waals surface area contributed by atoms with Crippen LogP contribution >= 0.6 is 42.3 Å². The molecule has 2 aromatic rings. The fourth-order valence-corrected chi connectivity index (χ4v) is 3.62. The first-order valence-electron chi connectivity index (χ1n) is 6.03. The second-order valence-electron chi connectivity index (χ2n) is 4.58. The maximum absolute atomic E-state index is 12.6. The Balaban J connectivity index is 2.22. The van der Waals surface area contributed by atoms with Crippen LogP contribution in [0.1, 0.15) is 5.56 Å². The summed E-state index contributed by atoms with van der Waals surface area (Å²) in [6.07, 6.45) is 0. The number of rotatable bonds is 4. The first-order valence-corrected chi connectivity index (χ1v) is 9.24. The van der Waals surface area contributed by atoms with Crippen molar-refractivity contribution in [3.8, 4) is 5.75 Å². The third-order valence-electron chi connectivity index (χ3n) is 2.68. The van der Waals surface area contributed by atoms with Crippen LogP contribution in [0.15, 0.2) is 36.4 Å². The van der Waals surface area contributed by atoms with Crippen LogP contribution in [-0.2, 0) is 4.57 Å². The van der Waals surface area contributed by atoms with Crippen LogP contribution in [0.4, 0.5) is 5.69 Å². The smallest absolute Gasteiger partial charge is 0.338 e. The Morgan fingerprint density at radius 2 is 1.67 bits per heavy atom. The van der Waals surface area contributed by atoms with Crippen LogP contribution in [0.5, 0.6) is 5.75 Å². The summed E-state index contributed by atoms with van der Waals surface area (Å²) in [6.45, 7) is 3.32. The molecule has 0 radical (unpaired) electrons. The van der Waals surface area contributed by atoms with Gasteiger partial charge in [-0.1, -0.05) is 40.9 Å². The van der Waals surface area contributed by atoms with Gasteiger partial charge >= 0.3 is 7.52 Å². The Kier molecular flexibility index (Phi) is 5.11. The van der Waals surface area contributed by atoms with Crippen LogP contribution in [0, 0.1) is 6.92 Å². The minimum Gasteiger partial charge on any atom is -0.429 e. The Hall–Kier alpha value is -0.860. The van der Waals surface area contributed by atoms with Crippen molar-refractivity contribution in [3.05, 3.63) is 57.0 Å². The molecule has 1 atom stereocenters. The fraction of sp³-hybridized carbons (Fsp3) is 0.143. The number of hydrogen-bond acceptors (Lipinski definition) is 2. The maximum Gasteiger partial charge on any atom is 0.338 e. The predicted octanol–water partition coefficient (Wildman–Crippen LogP) is 6.27. The number of halogens is 3. The van der Waals surface area contributed by atoms with Crippen molar-refractivity contribution in [2.45, 2.75) is 6.92 Å². The van der Waals surface area contributed by atoms with Crippen molar-refractivity contribution in [2.75, 3.05) is 11.8 Å². The van der Waals surface area contributed by atoms with Crippen LogP contribution in [0.2, 0.25) is 15.1 Å². The molecule has 0 aliphatic heterocycles. The average molecular weight is 365 g/mol. The van der Waals surface area contributed by atoms with Gasteiger partial charge in [0, 0.05) is 16.7 Å². The Bertz CT molecular complexity index is 721. The zero-order valence-electron chi connectivity index (χ0n) is 11.4. The molecule has 0 saturated carbocycles. The molecule has 0 spiro atoms. The van der Waals surface area contributed by atoms with Gasteiger partial charge in [0.1, 0.15) is 5.75 Å². The minimum atomic E-state index is -3.16. The molecule has 0 aromatic heterocycles. The molecule has 3 nitrogen and oxygen atoms in total. The van der Waals surface area contributed by atoms with Gasteiger partial charge in [-0.2, -0.15) is 0 Å². The molecular formula is C14H13Cl3NO2P. The summed E-state index contributed by atoms with van der Waals surface area (Å²) in [5.74, 6) is 0.464. The van der Waals surface area contributed by atoms with Gasteiger partial charge in [-0.25, -0.2) is 0 Å². The van der Waals surface area contributed by atoms with E-state index in [9.17, 15) is 4.57 Å². The van der Waals surface area contributed by atoms with Gasteiger partial charge in [-0.05, 0) is 42.8 Å². The standard InChI is InChI=1S/C14H13Cl3NO2P/c1-9-3-4-11(16)8-14(9)20-21(2,19)18-13-6-5-10(15)7-12(13)17/h3-8H,1-2H3,(H,18,19)/t21-/m1/s1. The molecule has 0 unspecified atom stereocenters. The van der Waals surface area contributed by atoms with E-state index in [2.05, 4.69) is 5.09 Å². The lowest BCUT2D eigenvalue weighted by Crippen LogP contribution is -2.03. The monoisotopic (exact) mass is 363 g/mol. The van der Waals surface area contributed by atoms with E-state index in [1.165, 1.54) is 6.66 Å². The molecule has 0 fully saturated rings. The van der Waals surface area contributed by atoms with Crippen LogP contribution in [0.25, 0.3) is 0 Å². The SMILES string of the molecule is Cc1ccc(Cl)cc1O[P@@](C)(=O)Nc1ccc(Cl)cc1Cl. The Labute approximate surface area is 138 Å². The zero-order valence-corrected chi connectivity index (χ0v) is 14.5. The van der Waals surface area contributed by atoms with Crippen molar-refractivity contribution >= 4 is 48.0 Å². The molecule has 7 heteroatoms. The molecule has 21 heavy (non-hydrogen) atoms. The number of benzene rings is 2. The summed E-state index contributed by atoms with van der Waals surface area (Å²) < 4.78 is 18.2. The lowest BCUT2D eigenvalue weighted by molar-refractivity contribution is 0.492. The van der Waals surface area contributed by atoms with Crippen molar-refractivity contribution < 1.29 is 9.09 Å². The first kappa shape index (κ1) is 16.5. The van der Waals surface area contributed by atoms with Crippen LogP contribution in [0.3, 0.4) is 0 Å². The largest absolute Gasteiger partial charge is 0.429 e. The summed E-state index contributed by atoms with van der Waals surface area (Å²) in [6, 6.07) is 10.0. The second-order valence-corrected chi connectivity index (χ2v) is 7.96. The molecule has 0 aliphatic rings. The molecule has 0 bridgehead atoms. The van der Waals surface area contributed by atoms with E-state index in [0.29, 0.717) is 26.5 Å². The molecule has 2 aromatic carbocycles. The number of nitrogens with one attached hydrogen (secondary N) is 1. The van der Waals surface area contributed by atoms with Gasteiger partial charge in [-0.3, -0.25) is 4.57 Å². The van der Waals surface area contributed by atoms with E-state index in [0.717, 1.165) is 5.56 Å². The third kappa shape index (κ3) is 4.55. The fourth-order valence-electron chi connectivity index (χ4n) is 1.68. The van der Waals surface area contributed by atoms with Crippen molar-refractivity contribution in [1.29, 1.82) is 0 Å². The van der Waals surface area contributed by atoms with Gasteiger partial charge in [0.05, 0.1) is 10.7 Å². The average Bonchev–Trinajstić information content (AvgIpc) is 2.37. The lowest BCUT2D eigenvalue weighted by Gasteiger charge is -2.19. The molecule has 112 valence electrons. The summed E-state index contributed by atoms with van der Waals surface area (Å²) in [7, 11) is -3.16. The molecule has 2 rings (SSSR count). The molecule has 0 heterocycles. The van der Waals surface area contributed by atoms with E-state index in [4.69, 9.17) is 39.3 Å². The Morgan fingerprint density at radius 1 is 1.05 bits per heavy atom. The highest BCUT2D eigenvalue weighted by molar-refractivity contribution is 7.60. The van der Waals surface area contributed by atoms with E-state index < -0.39 is 7.52 Å². The number of anilines is 1. The van der Waals surface area contributed by atoms with Gasteiger partial charge in [0.15, 0.2) is 0 Å². The molecule has 0 aliphatic carbocycles. The minimum absolute atomic E-state index is 0.371. The Morgan fingerprint density at radius 3 is 2.33 bits per heavy atom. The molecular weight excluding hydrogens is 351 g/mol. The predicted molar refractivity (Wildman–Crippen MR) is 90.4 cm³/mol. The summed E-state index contributed by atoms with van der Waals surface area (Å²) >= 11 is 17.8. The summed E-state index contributed by atoms with van der Waals surface area (Å²) in [5.41, 5.74) is 1.33. The number of hydrogen-bond donors (Lipinski definition) is 1. The highest BCUT2D eigenvalue weighted by Crippen LogP contribution is 2.46. The van der Waals surface area contributed by atoms with E-state index in [-0.39, 0.29) is 0 Å². The topological polar surface area (TPSA) is 38.3 Å². The van der Waals surface area contributed by atoms with Gasteiger partial charge < -0.3 is 9.61 Å². The van der Waals surface area contributed by atoms with Gasteiger partial charge in [0.25, 0.3) is 0 Å². The van der Waals surface area contributed by atoms with Crippen molar-refractivity contribution in [2.24, 2.45) is 0 Å². The molecule has 0 amide bonds. The van der Waals surface area contributed by atoms with E-state index in [1.807, 2.05) is 6.92 Å². The highest BCUT2D eigenvalue weighted by atomic mass is 35.5. The van der Waals surface area contributed by atoms with Crippen LogP contribution < -0.4 is 9.61 Å². The van der Waals surface area contributed by atoms with Gasteiger partial charge in [0.2, 0.25) is 0 Å². The van der Waals surface area contributed by atoms with Gasteiger partial charge in [-0.15, -0.1) is 0 Å². The maximum atomic E-state index is 12.6. The highest BCUT2D eigenvalue weighted by Gasteiger charge is 2.20. The number of aryl methyl sites for hydroxylation is 1. The quantitative estimate of drug-likeness (QED) is 0.650. The third-order valence-corrected chi connectivity index (χ3v) is 4.65. The molecule has 0 saturated heterocycles. The van der Waals surface area contributed by atoms with Crippen LogP contribution in [-0.4, -0.2) is 6.66 Å². The van der Waals surface area contributed by atoms with Crippen molar-refractivity contribution in [3.63, 3.8) is 0 Å². The van der Waals surface area contributed by atoms with E-state index in [1.54, 1.807) is 36.4 Å². The van der Waals surface area contributed by atoms with E-state index >= 15 is 0 Å². The molecule has 1 N–H and O–H groups in total. The normalized spacial score (nSPS) is 13.6. The second kappa shape index (κ2) is 6.50. The first-order chi connectivity index (χ1) is 9.77. The summed E-state index contributed by atoms with van der Waals surface area (Å²) in [5, 5.41) is 4.20. The van der Waals surface area contributed by atoms with Crippen molar-refractivity contribution in [1.82, 2.24) is 0 Å². The summed E-state index contributed by atoms with van der Waals surface area (Å²) in [4.78, 5) is 0. The zero-order chi connectivity index (χ0) is 15.6.